The van der Waals surface area contributed by atoms with Gasteiger partial charge in [-0.3, -0.25) is 9.20 Å². The Balaban J connectivity index is 2.02. The number of nitrogens with zero attached hydrogens (tertiary/aromatic N) is 2. The van der Waals surface area contributed by atoms with Gasteiger partial charge in [0.2, 0.25) is 0 Å². The normalized spacial score (nSPS) is 10.9. The van der Waals surface area contributed by atoms with Crippen LogP contribution in [0.3, 0.4) is 0 Å². The zero-order chi connectivity index (χ0) is 17.4. The molecule has 0 bridgehead atoms. The SMILES string of the molecule is COc1cc(Cl)c(C)cc1NC(=O)c1c(C)nc2cc(Cl)ccn12. The van der Waals surface area contributed by atoms with Crippen LogP contribution < -0.4 is 10.1 Å². The molecule has 7 heteroatoms. The van der Waals surface area contributed by atoms with E-state index in [1.165, 1.54) is 7.11 Å². The van der Waals surface area contributed by atoms with E-state index >= 15 is 0 Å². The second-order valence-electron chi connectivity index (χ2n) is 5.37. The molecule has 1 N–H and O–H groups in total. The summed E-state index contributed by atoms with van der Waals surface area (Å²) in [6.07, 6.45) is 1.72. The molecule has 0 saturated heterocycles. The van der Waals surface area contributed by atoms with Gasteiger partial charge in [-0.1, -0.05) is 23.2 Å². The summed E-state index contributed by atoms with van der Waals surface area (Å²) >= 11 is 12.1. The van der Waals surface area contributed by atoms with Crippen LogP contribution in [0.2, 0.25) is 10.0 Å². The number of hydrogen-bond acceptors (Lipinski definition) is 3. The zero-order valence-electron chi connectivity index (χ0n) is 13.4. The number of carbonyl (C=O) groups is 1. The summed E-state index contributed by atoms with van der Waals surface area (Å²) in [5, 5.41) is 4.00. The lowest BCUT2D eigenvalue weighted by Gasteiger charge is -2.12. The molecule has 2 heterocycles. The summed E-state index contributed by atoms with van der Waals surface area (Å²) in [4.78, 5) is 17.1. The number of ether oxygens (including phenoxy) is 1. The van der Waals surface area contributed by atoms with Gasteiger partial charge in [-0.25, -0.2) is 4.98 Å². The molecule has 0 aliphatic rings. The van der Waals surface area contributed by atoms with Gasteiger partial charge in [-0.15, -0.1) is 0 Å². The highest BCUT2D eigenvalue weighted by atomic mass is 35.5. The van der Waals surface area contributed by atoms with Crippen molar-refractivity contribution >= 4 is 40.4 Å². The maximum absolute atomic E-state index is 12.8. The molecule has 24 heavy (non-hydrogen) atoms. The number of methoxy groups -OCH3 is 1. The van der Waals surface area contributed by atoms with Crippen molar-refractivity contribution in [3.63, 3.8) is 0 Å². The number of nitrogens with one attached hydrogen (secondary N) is 1. The molecule has 124 valence electrons. The summed E-state index contributed by atoms with van der Waals surface area (Å²) < 4.78 is 6.99. The number of benzene rings is 1. The molecule has 0 aliphatic heterocycles. The van der Waals surface area contributed by atoms with E-state index in [2.05, 4.69) is 10.3 Å². The van der Waals surface area contributed by atoms with Gasteiger partial charge in [0, 0.05) is 28.4 Å². The molecule has 0 atom stereocenters. The maximum Gasteiger partial charge on any atom is 0.274 e. The number of fused-ring (bicyclic) bond motifs is 1. The second-order valence-corrected chi connectivity index (χ2v) is 6.22. The maximum atomic E-state index is 12.8. The van der Waals surface area contributed by atoms with E-state index in [0.717, 1.165) is 5.56 Å². The summed E-state index contributed by atoms with van der Waals surface area (Å²) in [5.74, 6) is 0.204. The van der Waals surface area contributed by atoms with Crippen LogP contribution in [0, 0.1) is 13.8 Å². The molecule has 3 rings (SSSR count). The Morgan fingerprint density at radius 2 is 2.00 bits per heavy atom. The van der Waals surface area contributed by atoms with Crippen molar-refractivity contribution in [2.24, 2.45) is 0 Å². The predicted octanol–water partition coefficient (Wildman–Crippen LogP) is 4.52. The lowest BCUT2D eigenvalue weighted by molar-refractivity contribution is 0.102. The van der Waals surface area contributed by atoms with Crippen LogP contribution in [-0.4, -0.2) is 22.4 Å². The molecule has 0 saturated carbocycles. The number of imidazole rings is 1. The van der Waals surface area contributed by atoms with Crippen LogP contribution >= 0.6 is 23.2 Å². The first-order valence-electron chi connectivity index (χ1n) is 7.20. The number of aromatic nitrogens is 2. The zero-order valence-corrected chi connectivity index (χ0v) is 14.9. The van der Waals surface area contributed by atoms with E-state index < -0.39 is 0 Å². The largest absolute Gasteiger partial charge is 0.495 e. The molecule has 1 amide bonds. The third-order valence-electron chi connectivity index (χ3n) is 3.71. The van der Waals surface area contributed by atoms with Gasteiger partial charge in [0.1, 0.15) is 17.1 Å². The number of rotatable bonds is 3. The number of hydrogen-bond donors (Lipinski definition) is 1. The molecule has 0 spiro atoms. The van der Waals surface area contributed by atoms with Crippen molar-refractivity contribution in [1.82, 2.24) is 9.38 Å². The fourth-order valence-corrected chi connectivity index (χ4v) is 2.83. The van der Waals surface area contributed by atoms with E-state index in [1.54, 1.807) is 41.8 Å². The summed E-state index contributed by atoms with van der Waals surface area (Å²) in [5.41, 5.74) is 3.06. The van der Waals surface area contributed by atoms with Gasteiger partial charge in [0.15, 0.2) is 0 Å². The van der Waals surface area contributed by atoms with Crippen molar-refractivity contribution < 1.29 is 9.53 Å². The Kier molecular flexibility index (Phi) is 4.39. The van der Waals surface area contributed by atoms with E-state index in [1.807, 2.05) is 6.92 Å². The van der Waals surface area contributed by atoms with Crippen molar-refractivity contribution in [2.75, 3.05) is 12.4 Å². The molecule has 0 fully saturated rings. The molecule has 0 radical (unpaired) electrons. The minimum Gasteiger partial charge on any atom is -0.495 e. The van der Waals surface area contributed by atoms with Crippen LogP contribution in [0.15, 0.2) is 30.5 Å². The Bertz CT molecular complexity index is 951. The van der Waals surface area contributed by atoms with Gasteiger partial charge < -0.3 is 10.1 Å². The summed E-state index contributed by atoms with van der Waals surface area (Å²) in [7, 11) is 1.53. The van der Waals surface area contributed by atoms with Crippen molar-refractivity contribution in [1.29, 1.82) is 0 Å². The first-order chi connectivity index (χ1) is 11.4. The molecule has 3 aromatic rings. The Hall–Kier alpha value is -2.24. The van der Waals surface area contributed by atoms with E-state index in [0.29, 0.717) is 38.5 Å². The number of aryl methyl sites for hydroxylation is 2. The standard InChI is InChI=1S/C17H15Cl2N3O2/c1-9-6-13(14(24-3)8-12(9)19)21-17(23)16-10(2)20-15-7-11(18)4-5-22(15)16/h4-8H,1-3H3,(H,21,23). The molecular formula is C17H15Cl2N3O2. The minimum atomic E-state index is -0.289. The van der Waals surface area contributed by atoms with Gasteiger partial charge in [-0.05, 0) is 31.5 Å². The Labute approximate surface area is 149 Å². The van der Waals surface area contributed by atoms with Crippen LogP contribution in [0.1, 0.15) is 21.7 Å². The highest BCUT2D eigenvalue weighted by Crippen LogP contribution is 2.31. The molecular weight excluding hydrogens is 349 g/mol. The number of carbonyl (C=O) groups excluding carboxylic acids is 1. The highest BCUT2D eigenvalue weighted by Gasteiger charge is 2.19. The fraction of sp³-hybridized carbons (Fsp3) is 0.176. The number of anilines is 1. The lowest BCUT2D eigenvalue weighted by atomic mass is 10.2. The fourth-order valence-electron chi connectivity index (χ4n) is 2.52. The van der Waals surface area contributed by atoms with E-state index in [9.17, 15) is 4.79 Å². The van der Waals surface area contributed by atoms with Crippen LogP contribution in [0.25, 0.3) is 5.65 Å². The van der Waals surface area contributed by atoms with E-state index in [-0.39, 0.29) is 5.91 Å². The molecule has 0 aliphatic carbocycles. The Morgan fingerprint density at radius 3 is 2.71 bits per heavy atom. The smallest absolute Gasteiger partial charge is 0.274 e. The van der Waals surface area contributed by atoms with E-state index in [4.69, 9.17) is 27.9 Å². The van der Waals surface area contributed by atoms with Gasteiger partial charge >= 0.3 is 0 Å². The van der Waals surface area contributed by atoms with Gasteiger partial charge in [-0.2, -0.15) is 0 Å². The van der Waals surface area contributed by atoms with Gasteiger partial charge in [0.25, 0.3) is 5.91 Å². The average molecular weight is 364 g/mol. The van der Waals surface area contributed by atoms with Crippen LogP contribution in [0.4, 0.5) is 5.69 Å². The topological polar surface area (TPSA) is 55.6 Å². The van der Waals surface area contributed by atoms with Gasteiger partial charge in [0.05, 0.1) is 18.5 Å². The lowest BCUT2D eigenvalue weighted by Crippen LogP contribution is -2.16. The first kappa shape index (κ1) is 16.6. The summed E-state index contributed by atoms with van der Waals surface area (Å²) in [6.45, 7) is 3.64. The molecule has 1 aromatic carbocycles. The third kappa shape index (κ3) is 2.92. The highest BCUT2D eigenvalue weighted by molar-refractivity contribution is 6.31. The third-order valence-corrected chi connectivity index (χ3v) is 4.35. The minimum absolute atomic E-state index is 0.289. The average Bonchev–Trinajstić information content (AvgIpc) is 2.85. The predicted molar refractivity (Wildman–Crippen MR) is 95.6 cm³/mol. The Morgan fingerprint density at radius 1 is 1.25 bits per heavy atom. The number of amides is 1. The molecule has 0 unspecified atom stereocenters. The van der Waals surface area contributed by atoms with Crippen LogP contribution in [-0.2, 0) is 0 Å². The number of halogens is 2. The van der Waals surface area contributed by atoms with Crippen LogP contribution in [0.5, 0.6) is 5.75 Å². The second kappa shape index (κ2) is 6.34. The van der Waals surface area contributed by atoms with Crippen molar-refractivity contribution in [2.45, 2.75) is 13.8 Å². The quantitative estimate of drug-likeness (QED) is 0.744. The summed E-state index contributed by atoms with van der Waals surface area (Å²) in [6, 6.07) is 6.86. The van der Waals surface area contributed by atoms with Crippen molar-refractivity contribution in [3.8, 4) is 5.75 Å². The number of pyridine rings is 1. The molecule has 5 nitrogen and oxygen atoms in total. The first-order valence-corrected chi connectivity index (χ1v) is 7.96. The molecule has 2 aromatic heterocycles. The monoisotopic (exact) mass is 363 g/mol. The van der Waals surface area contributed by atoms with Crippen molar-refractivity contribution in [3.05, 3.63) is 57.5 Å².